The monoisotopic (exact) mass is 727 g/mol. The Hall–Kier alpha value is -7.69. The number of nitrogens with zero attached hydrogens (tertiary/aromatic N) is 3. The standard InChI is InChI=1S/C53H33N3O/c1-3-12-34(13-4-1)35-22-24-36(25-23-35)40-30-31-41-33-47(42-16-7-8-17-43(42)48(41)32-40)37-26-28-39(29-27-37)52-54-51(38-14-5-2-6-15-38)55-53(56-52)46-20-11-19-45-44-18-9-10-21-49(44)57-50(45)46/h1-33H. The van der Waals surface area contributed by atoms with E-state index in [-0.39, 0.29) is 0 Å². The predicted octanol–water partition coefficient (Wildman–Crippen LogP) is 14.1. The van der Waals surface area contributed by atoms with E-state index >= 15 is 0 Å². The summed E-state index contributed by atoms with van der Waals surface area (Å²) >= 11 is 0. The Morgan fingerprint density at radius 2 is 0.789 bits per heavy atom. The number of hydrogen-bond donors (Lipinski definition) is 0. The molecule has 0 spiro atoms. The molecular formula is C53H33N3O. The number of hydrogen-bond acceptors (Lipinski definition) is 4. The first kappa shape index (κ1) is 32.7. The molecule has 11 rings (SSSR count). The van der Waals surface area contributed by atoms with Crippen LogP contribution in [0.1, 0.15) is 0 Å². The van der Waals surface area contributed by atoms with Gasteiger partial charge < -0.3 is 4.42 Å². The van der Waals surface area contributed by atoms with Crippen molar-refractivity contribution in [2.24, 2.45) is 0 Å². The van der Waals surface area contributed by atoms with Gasteiger partial charge in [0, 0.05) is 21.9 Å². The third-order valence-electron chi connectivity index (χ3n) is 11.0. The van der Waals surface area contributed by atoms with Crippen LogP contribution in [0.25, 0.3) is 111 Å². The van der Waals surface area contributed by atoms with E-state index in [1.807, 2.05) is 60.7 Å². The molecule has 0 radical (unpaired) electrons. The molecule has 0 aliphatic heterocycles. The van der Waals surface area contributed by atoms with E-state index in [1.165, 1.54) is 49.4 Å². The third-order valence-corrected chi connectivity index (χ3v) is 11.0. The maximum atomic E-state index is 6.41. The van der Waals surface area contributed by atoms with Crippen LogP contribution in [-0.4, -0.2) is 15.0 Å². The summed E-state index contributed by atoms with van der Waals surface area (Å²) in [6, 6.07) is 70.1. The van der Waals surface area contributed by atoms with E-state index in [9.17, 15) is 0 Å². The molecule has 4 heteroatoms. The summed E-state index contributed by atoms with van der Waals surface area (Å²) in [6.45, 7) is 0. The van der Waals surface area contributed by atoms with Crippen LogP contribution in [0, 0.1) is 0 Å². The van der Waals surface area contributed by atoms with Crippen molar-refractivity contribution in [3.05, 3.63) is 200 Å². The molecular weight excluding hydrogens is 695 g/mol. The smallest absolute Gasteiger partial charge is 0.167 e. The van der Waals surface area contributed by atoms with Gasteiger partial charge >= 0.3 is 0 Å². The van der Waals surface area contributed by atoms with Crippen LogP contribution >= 0.6 is 0 Å². The van der Waals surface area contributed by atoms with Crippen molar-refractivity contribution in [3.8, 4) is 67.5 Å². The fourth-order valence-electron chi connectivity index (χ4n) is 8.07. The summed E-state index contributed by atoms with van der Waals surface area (Å²) in [5, 5.41) is 6.98. The lowest BCUT2D eigenvalue weighted by Crippen LogP contribution is -2.00. The average Bonchev–Trinajstić information content (AvgIpc) is 3.68. The zero-order valence-electron chi connectivity index (χ0n) is 30.8. The topological polar surface area (TPSA) is 51.8 Å². The lowest BCUT2D eigenvalue weighted by Gasteiger charge is -2.13. The van der Waals surface area contributed by atoms with Crippen molar-refractivity contribution < 1.29 is 4.42 Å². The van der Waals surface area contributed by atoms with E-state index in [1.54, 1.807) is 0 Å². The molecule has 9 aromatic carbocycles. The van der Waals surface area contributed by atoms with Crippen molar-refractivity contribution in [2.45, 2.75) is 0 Å². The van der Waals surface area contributed by atoms with Gasteiger partial charge in [-0.2, -0.15) is 0 Å². The zero-order chi connectivity index (χ0) is 37.7. The first-order valence-corrected chi connectivity index (χ1v) is 19.2. The molecule has 4 nitrogen and oxygen atoms in total. The lowest BCUT2D eigenvalue weighted by molar-refractivity contribution is 0.669. The molecule has 2 aromatic heterocycles. The highest BCUT2D eigenvalue weighted by atomic mass is 16.3. The number of furan rings is 1. The van der Waals surface area contributed by atoms with Crippen LogP contribution in [0.2, 0.25) is 0 Å². The molecule has 0 N–H and O–H groups in total. The maximum Gasteiger partial charge on any atom is 0.167 e. The first-order chi connectivity index (χ1) is 28.2. The minimum Gasteiger partial charge on any atom is -0.455 e. The van der Waals surface area contributed by atoms with Gasteiger partial charge in [-0.1, -0.05) is 176 Å². The highest BCUT2D eigenvalue weighted by Crippen LogP contribution is 2.39. The fraction of sp³-hybridized carbons (Fsp3) is 0. The summed E-state index contributed by atoms with van der Waals surface area (Å²) in [5.41, 5.74) is 11.4. The normalized spacial score (nSPS) is 11.5. The quantitative estimate of drug-likeness (QED) is 0.160. The first-order valence-electron chi connectivity index (χ1n) is 19.2. The highest BCUT2D eigenvalue weighted by Gasteiger charge is 2.18. The Balaban J connectivity index is 0.985. The molecule has 0 aliphatic rings. The Morgan fingerprint density at radius 1 is 0.281 bits per heavy atom. The molecule has 0 fully saturated rings. The molecule has 0 amide bonds. The van der Waals surface area contributed by atoms with Gasteiger partial charge in [-0.25, -0.2) is 15.0 Å². The molecule has 266 valence electrons. The van der Waals surface area contributed by atoms with Crippen LogP contribution in [0.4, 0.5) is 0 Å². The number of fused-ring (bicyclic) bond motifs is 6. The van der Waals surface area contributed by atoms with E-state index in [4.69, 9.17) is 19.4 Å². The lowest BCUT2D eigenvalue weighted by atomic mass is 9.91. The SMILES string of the molecule is c1ccc(-c2ccc(-c3ccc4cc(-c5ccc(-c6nc(-c7ccccc7)nc(-c7cccc8c7oc7ccccc78)n6)cc5)c5ccccc5c4c3)cc2)cc1. The second-order valence-electron chi connectivity index (χ2n) is 14.4. The minimum absolute atomic E-state index is 0.569. The van der Waals surface area contributed by atoms with Crippen molar-refractivity contribution in [3.63, 3.8) is 0 Å². The second kappa shape index (κ2) is 13.6. The summed E-state index contributed by atoms with van der Waals surface area (Å²) in [5.74, 6) is 1.78. The molecule has 57 heavy (non-hydrogen) atoms. The van der Waals surface area contributed by atoms with Gasteiger partial charge in [-0.3, -0.25) is 0 Å². The summed E-state index contributed by atoms with van der Waals surface area (Å²) in [6.07, 6.45) is 0. The van der Waals surface area contributed by atoms with Crippen molar-refractivity contribution >= 4 is 43.5 Å². The van der Waals surface area contributed by atoms with Crippen molar-refractivity contribution in [1.82, 2.24) is 15.0 Å². The zero-order valence-corrected chi connectivity index (χ0v) is 30.8. The summed E-state index contributed by atoms with van der Waals surface area (Å²) in [4.78, 5) is 15.1. The second-order valence-corrected chi connectivity index (χ2v) is 14.4. The van der Waals surface area contributed by atoms with E-state index in [2.05, 4.69) is 140 Å². The van der Waals surface area contributed by atoms with Crippen LogP contribution in [0.3, 0.4) is 0 Å². The Kier molecular flexibility index (Phi) is 7.78. The van der Waals surface area contributed by atoms with E-state index in [0.717, 1.165) is 44.2 Å². The number of benzene rings is 9. The highest BCUT2D eigenvalue weighted by molar-refractivity contribution is 6.15. The molecule has 0 bridgehead atoms. The Morgan fingerprint density at radius 3 is 1.53 bits per heavy atom. The van der Waals surface area contributed by atoms with Gasteiger partial charge in [0.05, 0.1) is 5.56 Å². The molecule has 2 heterocycles. The minimum atomic E-state index is 0.569. The van der Waals surface area contributed by atoms with Gasteiger partial charge in [0.1, 0.15) is 11.2 Å². The van der Waals surface area contributed by atoms with Gasteiger partial charge in [-0.05, 0) is 79.2 Å². The third kappa shape index (κ3) is 5.83. The number of aromatic nitrogens is 3. The van der Waals surface area contributed by atoms with Crippen LogP contribution < -0.4 is 0 Å². The van der Waals surface area contributed by atoms with Gasteiger partial charge in [0.2, 0.25) is 0 Å². The Bertz CT molecular complexity index is 3260. The summed E-state index contributed by atoms with van der Waals surface area (Å²) < 4.78 is 6.41. The predicted molar refractivity (Wildman–Crippen MR) is 235 cm³/mol. The fourth-order valence-corrected chi connectivity index (χ4v) is 8.07. The molecule has 0 unspecified atom stereocenters. The number of rotatable bonds is 6. The maximum absolute atomic E-state index is 6.41. The van der Waals surface area contributed by atoms with Gasteiger partial charge in [0.25, 0.3) is 0 Å². The van der Waals surface area contributed by atoms with E-state index < -0.39 is 0 Å². The van der Waals surface area contributed by atoms with Crippen LogP contribution in [0.15, 0.2) is 205 Å². The van der Waals surface area contributed by atoms with E-state index in [0.29, 0.717) is 17.5 Å². The van der Waals surface area contributed by atoms with Crippen LogP contribution in [0.5, 0.6) is 0 Å². The molecule has 0 atom stereocenters. The molecule has 0 aliphatic carbocycles. The molecule has 0 saturated heterocycles. The summed E-state index contributed by atoms with van der Waals surface area (Å²) in [7, 11) is 0. The molecule has 11 aromatic rings. The van der Waals surface area contributed by atoms with Crippen molar-refractivity contribution in [1.29, 1.82) is 0 Å². The van der Waals surface area contributed by atoms with Gasteiger partial charge in [0.15, 0.2) is 17.5 Å². The van der Waals surface area contributed by atoms with Gasteiger partial charge in [-0.15, -0.1) is 0 Å². The molecule has 0 saturated carbocycles. The van der Waals surface area contributed by atoms with Crippen LogP contribution in [-0.2, 0) is 0 Å². The van der Waals surface area contributed by atoms with Crippen molar-refractivity contribution in [2.75, 3.05) is 0 Å². The largest absolute Gasteiger partial charge is 0.455 e. The Labute approximate surface area is 329 Å². The average molecular weight is 728 g/mol. The number of para-hydroxylation sites is 2.